The molecule has 21 heavy (non-hydrogen) atoms. The Morgan fingerprint density at radius 1 is 1.33 bits per heavy atom. The van der Waals surface area contributed by atoms with Crippen LogP contribution in [0.2, 0.25) is 0 Å². The summed E-state index contributed by atoms with van der Waals surface area (Å²) in [5, 5.41) is 0. The Hall–Kier alpha value is -0.910. The van der Waals surface area contributed by atoms with E-state index in [1.165, 1.54) is 19.3 Å². The van der Waals surface area contributed by atoms with Gasteiger partial charge in [0.1, 0.15) is 5.82 Å². The zero-order valence-corrected chi connectivity index (χ0v) is 13.4. The minimum absolute atomic E-state index is 0.465. The van der Waals surface area contributed by atoms with E-state index in [2.05, 4.69) is 33.3 Å². The molecule has 5 heteroatoms. The monoisotopic (exact) mass is 292 g/mol. The summed E-state index contributed by atoms with van der Waals surface area (Å²) < 4.78 is 8.00. The molecule has 0 aliphatic carbocycles. The van der Waals surface area contributed by atoms with Crippen LogP contribution < -0.4 is 0 Å². The molecule has 2 saturated heterocycles. The average Bonchev–Trinajstić information content (AvgIpc) is 2.88. The molecule has 3 heterocycles. The van der Waals surface area contributed by atoms with E-state index in [-0.39, 0.29) is 0 Å². The maximum absolute atomic E-state index is 5.88. The number of aromatic nitrogens is 2. The highest BCUT2D eigenvalue weighted by atomic mass is 16.5. The molecule has 5 nitrogen and oxygen atoms in total. The van der Waals surface area contributed by atoms with Crippen molar-refractivity contribution in [2.75, 3.05) is 32.8 Å². The predicted molar refractivity (Wildman–Crippen MR) is 83.1 cm³/mol. The Balaban J connectivity index is 1.48. The second-order valence-corrected chi connectivity index (χ2v) is 6.52. The van der Waals surface area contributed by atoms with E-state index in [1.807, 2.05) is 12.4 Å². The van der Waals surface area contributed by atoms with Crippen molar-refractivity contribution < 1.29 is 4.74 Å². The minimum atomic E-state index is 0.465. The molecule has 0 aromatic carbocycles. The third-order valence-corrected chi connectivity index (χ3v) is 4.85. The Bertz CT molecular complexity index is 441. The molecular formula is C16H28N4O. The Kier molecular flexibility index (Phi) is 4.93. The van der Waals surface area contributed by atoms with Crippen molar-refractivity contribution >= 4 is 0 Å². The van der Waals surface area contributed by atoms with Crippen LogP contribution in [0.5, 0.6) is 0 Å². The third-order valence-electron chi connectivity index (χ3n) is 4.85. The van der Waals surface area contributed by atoms with Gasteiger partial charge in [0.05, 0.1) is 12.6 Å². The van der Waals surface area contributed by atoms with Gasteiger partial charge in [-0.2, -0.15) is 0 Å². The highest BCUT2D eigenvalue weighted by Crippen LogP contribution is 2.17. The standard InChI is InChI=1S/C16H28N4O/c1-14-11-19(12-15-5-3-4-10-21-15)8-9-20(14)13-16-17-6-7-18(16)2/h6-7,14-15H,3-5,8-13H2,1-2H3/t14-,15-/m1/s1. The van der Waals surface area contributed by atoms with Gasteiger partial charge in [-0.25, -0.2) is 4.98 Å². The Labute approximate surface area is 127 Å². The van der Waals surface area contributed by atoms with Crippen LogP contribution in [-0.4, -0.2) is 64.3 Å². The van der Waals surface area contributed by atoms with Crippen LogP contribution in [0, 0.1) is 0 Å². The molecule has 0 amide bonds. The van der Waals surface area contributed by atoms with Crippen molar-refractivity contribution in [3.8, 4) is 0 Å². The lowest BCUT2D eigenvalue weighted by Gasteiger charge is -2.41. The van der Waals surface area contributed by atoms with Gasteiger partial charge in [0.15, 0.2) is 0 Å². The zero-order valence-electron chi connectivity index (χ0n) is 13.4. The van der Waals surface area contributed by atoms with Gasteiger partial charge in [-0.05, 0) is 26.2 Å². The van der Waals surface area contributed by atoms with Crippen LogP contribution in [0.15, 0.2) is 12.4 Å². The fraction of sp³-hybridized carbons (Fsp3) is 0.812. The molecule has 2 atom stereocenters. The van der Waals surface area contributed by atoms with E-state index in [4.69, 9.17) is 4.74 Å². The summed E-state index contributed by atoms with van der Waals surface area (Å²) in [7, 11) is 2.07. The van der Waals surface area contributed by atoms with E-state index >= 15 is 0 Å². The molecule has 2 aliphatic heterocycles. The van der Waals surface area contributed by atoms with E-state index < -0.39 is 0 Å². The largest absolute Gasteiger partial charge is 0.377 e. The summed E-state index contributed by atoms with van der Waals surface area (Å²) >= 11 is 0. The highest BCUT2D eigenvalue weighted by molar-refractivity contribution is 4.93. The Morgan fingerprint density at radius 2 is 2.24 bits per heavy atom. The number of hydrogen-bond acceptors (Lipinski definition) is 4. The van der Waals surface area contributed by atoms with Crippen LogP contribution >= 0.6 is 0 Å². The summed E-state index contributed by atoms with van der Waals surface area (Å²) in [6.45, 7) is 8.77. The van der Waals surface area contributed by atoms with Gasteiger partial charge in [0.25, 0.3) is 0 Å². The first-order valence-electron chi connectivity index (χ1n) is 8.26. The lowest BCUT2D eigenvalue weighted by Crippen LogP contribution is -2.53. The van der Waals surface area contributed by atoms with Crippen molar-refractivity contribution in [1.82, 2.24) is 19.4 Å². The summed E-state index contributed by atoms with van der Waals surface area (Å²) in [4.78, 5) is 9.57. The van der Waals surface area contributed by atoms with Gasteiger partial charge in [0.2, 0.25) is 0 Å². The molecule has 0 spiro atoms. The fourth-order valence-corrected chi connectivity index (χ4v) is 3.44. The molecule has 0 saturated carbocycles. The molecule has 0 N–H and O–H groups in total. The summed E-state index contributed by atoms with van der Waals surface area (Å²) in [5.74, 6) is 1.16. The van der Waals surface area contributed by atoms with E-state index in [9.17, 15) is 0 Å². The smallest absolute Gasteiger partial charge is 0.122 e. The normalized spacial score (nSPS) is 28.9. The SMILES string of the molecule is C[C@@H]1CN(C[C@H]2CCCCO2)CCN1Cc1nccn1C. The van der Waals surface area contributed by atoms with Crippen molar-refractivity contribution in [2.24, 2.45) is 7.05 Å². The second-order valence-electron chi connectivity index (χ2n) is 6.52. The van der Waals surface area contributed by atoms with Crippen LogP contribution in [-0.2, 0) is 18.3 Å². The number of imidazole rings is 1. The maximum Gasteiger partial charge on any atom is 0.122 e. The minimum Gasteiger partial charge on any atom is -0.377 e. The Morgan fingerprint density at radius 3 is 2.90 bits per heavy atom. The summed E-state index contributed by atoms with van der Waals surface area (Å²) in [6, 6.07) is 0.582. The van der Waals surface area contributed by atoms with Crippen LogP contribution in [0.3, 0.4) is 0 Å². The number of ether oxygens (including phenoxy) is 1. The predicted octanol–water partition coefficient (Wildman–Crippen LogP) is 1.50. The first-order chi connectivity index (χ1) is 10.2. The maximum atomic E-state index is 5.88. The lowest BCUT2D eigenvalue weighted by molar-refractivity contribution is -0.0221. The number of hydrogen-bond donors (Lipinski definition) is 0. The van der Waals surface area contributed by atoms with Crippen molar-refractivity contribution in [1.29, 1.82) is 0 Å². The lowest BCUT2D eigenvalue weighted by atomic mass is 10.1. The molecule has 0 bridgehead atoms. The molecule has 2 aliphatic rings. The van der Waals surface area contributed by atoms with Crippen molar-refractivity contribution in [3.63, 3.8) is 0 Å². The molecule has 2 fully saturated rings. The highest BCUT2D eigenvalue weighted by Gasteiger charge is 2.26. The molecule has 0 unspecified atom stereocenters. The second kappa shape index (κ2) is 6.90. The van der Waals surface area contributed by atoms with Gasteiger partial charge < -0.3 is 9.30 Å². The van der Waals surface area contributed by atoms with Crippen LogP contribution in [0.1, 0.15) is 32.0 Å². The van der Waals surface area contributed by atoms with E-state index in [0.29, 0.717) is 12.1 Å². The quantitative estimate of drug-likeness (QED) is 0.842. The summed E-state index contributed by atoms with van der Waals surface area (Å²) in [6.07, 6.45) is 8.19. The van der Waals surface area contributed by atoms with Gasteiger partial charge in [0, 0.05) is 58.3 Å². The van der Waals surface area contributed by atoms with Crippen molar-refractivity contribution in [2.45, 2.75) is 44.9 Å². The summed E-state index contributed by atoms with van der Waals surface area (Å²) in [5.41, 5.74) is 0. The fourth-order valence-electron chi connectivity index (χ4n) is 3.44. The molecule has 1 aromatic heterocycles. The number of piperazine rings is 1. The topological polar surface area (TPSA) is 33.5 Å². The molecule has 118 valence electrons. The van der Waals surface area contributed by atoms with Crippen LogP contribution in [0.4, 0.5) is 0 Å². The molecule has 0 radical (unpaired) electrons. The number of nitrogens with zero attached hydrogens (tertiary/aromatic N) is 4. The van der Waals surface area contributed by atoms with Crippen molar-refractivity contribution in [3.05, 3.63) is 18.2 Å². The number of aryl methyl sites for hydroxylation is 1. The first-order valence-corrected chi connectivity index (χ1v) is 8.26. The number of rotatable bonds is 4. The first kappa shape index (κ1) is 15.0. The van der Waals surface area contributed by atoms with Crippen LogP contribution in [0.25, 0.3) is 0 Å². The van der Waals surface area contributed by atoms with Gasteiger partial charge in [-0.15, -0.1) is 0 Å². The molecule has 1 aromatic rings. The third kappa shape index (κ3) is 3.84. The zero-order chi connectivity index (χ0) is 14.7. The van der Waals surface area contributed by atoms with E-state index in [0.717, 1.165) is 45.2 Å². The van der Waals surface area contributed by atoms with Gasteiger partial charge in [-0.1, -0.05) is 0 Å². The van der Waals surface area contributed by atoms with E-state index in [1.54, 1.807) is 0 Å². The average molecular weight is 292 g/mol. The molecular weight excluding hydrogens is 264 g/mol. The molecule has 3 rings (SSSR count). The van der Waals surface area contributed by atoms with Gasteiger partial charge >= 0.3 is 0 Å². The van der Waals surface area contributed by atoms with Gasteiger partial charge in [-0.3, -0.25) is 9.80 Å².